The van der Waals surface area contributed by atoms with E-state index in [2.05, 4.69) is 28.3 Å². The number of hydrogen-bond donors (Lipinski definition) is 1. The largest absolute Gasteiger partial charge is 0.481 e. The van der Waals surface area contributed by atoms with Gasteiger partial charge in [0.05, 0.1) is 7.11 Å². The maximum Gasteiger partial charge on any atom is 0.216 e. The van der Waals surface area contributed by atoms with Gasteiger partial charge in [-0.3, -0.25) is 0 Å². The number of benzene rings is 1. The van der Waals surface area contributed by atoms with Crippen molar-refractivity contribution < 1.29 is 4.74 Å². The molecule has 0 aliphatic rings. The normalized spacial score (nSPS) is 12.2. The van der Waals surface area contributed by atoms with Crippen molar-refractivity contribution >= 4 is 11.6 Å². The first kappa shape index (κ1) is 14.8. The molecule has 0 saturated carbocycles. The summed E-state index contributed by atoms with van der Waals surface area (Å²) in [6, 6.07) is 7.97. The Balaban J connectivity index is 2.23. The maximum atomic E-state index is 6.01. The van der Waals surface area contributed by atoms with Gasteiger partial charge in [0, 0.05) is 29.2 Å². The van der Waals surface area contributed by atoms with Crippen LogP contribution in [0, 0.1) is 6.92 Å². The van der Waals surface area contributed by atoms with Crippen molar-refractivity contribution in [2.75, 3.05) is 14.2 Å². The number of hydrogen-bond acceptors (Lipinski definition) is 4. The molecule has 1 aromatic carbocycles. The van der Waals surface area contributed by atoms with Gasteiger partial charge in [0.15, 0.2) is 0 Å². The maximum absolute atomic E-state index is 6.01. The van der Waals surface area contributed by atoms with Gasteiger partial charge < -0.3 is 10.1 Å². The minimum atomic E-state index is 0.173. The van der Waals surface area contributed by atoms with Crippen LogP contribution in [0.4, 0.5) is 0 Å². The lowest BCUT2D eigenvalue weighted by atomic mass is 9.97. The standard InChI is InChI=1S/C15H18ClN3O/c1-10-6-11(16)4-5-13(10)14(17-2)7-12-8-15(20-3)19-9-18-12/h4-6,8-9,14,17H,7H2,1-3H3. The predicted octanol–water partition coefficient (Wildman–Crippen LogP) is 2.95. The first-order valence-corrected chi connectivity index (χ1v) is 6.80. The Morgan fingerprint density at radius 3 is 2.75 bits per heavy atom. The fourth-order valence-electron chi connectivity index (χ4n) is 2.21. The molecule has 2 rings (SSSR count). The van der Waals surface area contributed by atoms with Crippen LogP contribution in [-0.4, -0.2) is 24.1 Å². The van der Waals surface area contributed by atoms with Crippen molar-refractivity contribution in [3.8, 4) is 5.88 Å². The molecule has 0 aliphatic carbocycles. The van der Waals surface area contributed by atoms with Crippen LogP contribution >= 0.6 is 11.6 Å². The zero-order chi connectivity index (χ0) is 14.5. The molecular formula is C15H18ClN3O. The van der Waals surface area contributed by atoms with Crippen LogP contribution in [0.25, 0.3) is 0 Å². The monoisotopic (exact) mass is 291 g/mol. The predicted molar refractivity (Wildman–Crippen MR) is 80.3 cm³/mol. The van der Waals surface area contributed by atoms with Crippen molar-refractivity contribution in [2.45, 2.75) is 19.4 Å². The molecule has 1 unspecified atom stereocenters. The number of halogens is 1. The van der Waals surface area contributed by atoms with Gasteiger partial charge in [-0.05, 0) is 37.2 Å². The van der Waals surface area contributed by atoms with E-state index in [0.29, 0.717) is 5.88 Å². The van der Waals surface area contributed by atoms with E-state index in [1.165, 1.54) is 11.9 Å². The summed E-state index contributed by atoms with van der Waals surface area (Å²) in [5.74, 6) is 0.581. The zero-order valence-electron chi connectivity index (χ0n) is 11.9. The summed E-state index contributed by atoms with van der Waals surface area (Å²) < 4.78 is 5.13. The Kier molecular flexibility index (Phi) is 4.93. The quantitative estimate of drug-likeness (QED) is 0.920. The summed E-state index contributed by atoms with van der Waals surface area (Å²) >= 11 is 6.01. The van der Waals surface area contributed by atoms with E-state index in [4.69, 9.17) is 16.3 Å². The van der Waals surface area contributed by atoms with Crippen LogP contribution in [0.2, 0.25) is 5.02 Å². The first-order valence-electron chi connectivity index (χ1n) is 6.42. The fraction of sp³-hybridized carbons (Fsp3) is 0.333. The lowest BCUT2D eigenvalue weighted by molar-refractivity contribution is 0.395. The second-order valence-corrected chi connectivity index (χ2v) is 5.03. The molecule has 0 fully saturated rings. The second kappa shape index (κ2) is 6.68. The molecule has 0 spiro atoms. The highest BCUT2D eigenvalue weighted by molar-refractivity contribution is 6.30. The Hall–Kier alpha value is -1.65. The third-order valence-electron chi connectivity index (χ3n) is 3.28. The summed E-state index contributed by atoms with van der Waals surface area (Å²) in [6.07, 6.45) is 2.29. The number of rotatable bonds is 5. The molecule has 0 aliphatic heterocycles. The SMILES string of the molecule is CNC(Cc1cc(OC)ncn1)c1ccc(Cl)cc1C. The van der Waals surface area contributed by atoms with E-state index in [1.54, 1.807) is 7.11 Å². The Labute approximate surface area is 124 Å². The molecule has 1 heterocycles. The minimum absolute atomic E-state index is 0.173. The molecule has 1 N–H and O–H groups in total. The number of methoxy groups -OCH3 is 1. The Morgan fingerprint density at radius 1 is 1.30 bits per heavy atom. The van der Waals surface area contributed by atoms with E-state index in [-0.39, 0.29) is 6.04 Å². The van der Waals surface area contributed by atoms with Gasteiger partial charge in [-0.1, -0.05) is 17.7 Å². The van der Waals surface area contributed by atoms with E-state index in [0.717, 1.165) is 22.7 Å². The summed E-state index contributed by atoms with van der Waals surface area (Å²) in [6.45, 7) is 2.06. The molecule has 0 amide bonds. The third kappa shape index (κ3) is 3.46. The minimum Gasteiger partial charge on any atom is -0.481 e. The highest BCUT2D eigenvalue weighted by Crippen LogP contribution is 2.24. The number of ether oxygens (including phenoxy) is 1. The summed E-state index contributed by atoms with van der Waals surface area (Å²) in [4.78, 5) is 8.31. The molecule has 4 nitrogen and oxygen atoms in total. The molecule has 0 bridgehead atoms. The van der Waals surface area contributed by atoms with E-state index < -0.39 is 0 Å². The fourth-order valence-corrected chi connectivity index (χ4v) is 2.43. The van der Waals surface area contributed by atoms with Crippen LogP contribution in [0.5, 0.6) is 5.88 Å². The molecule has 0 radical (unpaired) electrons. The summed E-state index contributed by atoms with van der Waals surface area (Å²) in [5.41, 5.74) is 3.32. The van der Waals surface area contributed by atoms with Gasteiger partial charge in [0.2, 0.25) is 5.88 Å². The summed E-state index contributed by atoms with van der Waals surface area (Å²) in [7, 11) is 3.54. The number of likely N-dealkylation sites (N-methyl/N-ethyl adjacent to an activating group) is 1. The van der Waals surface area contributed by atoms with Gasteiger partial charge in [-0.2, -0.15) is 0 Å². The van der Waals surface area contributed by atoms with Gasteiger partial charge in [-0.25, -0.2) is 9.97 Å². The number of nitrogens with one attached hydrogen (secondary N) is 1. The number of aromatic nitrogens is 2. The number of aryl methyl sites for hydroxylation is 1. The third-order valence-corrected chi connectivity index (χ3v) is 3.51. The van der Waals surface area contributed by atoms with E-state index >= 15 is 0 Å². The van der Waals surface area contributed by atoms with Crippen LogP contribution in [0.3, 0.4) is 0 Å². The van der Waals surface area contributed by atoms with Crippen LogP contribution in [0.15, 0.2) is 30.6 Å². The van der Waals surface area contributed by atoms with Gasteiger partial charge in [-0.15, -0.1) is 0 Å². The molecule has 106 valence electrons. The smallest absolute Gasteiger partial charge is 0.216 e. The van der Waals surface area contributed by atoms with Crippen molar-refractivity contribution in [3.05, 3.63) is 52.4 Å². The number of nitrogens with zero attached hydrogens (tertiary/aromatic N) is 2. The lowest BCUT2D eigenvalue weighted by Gasteiger charge is -2.19. The van der Waals surface area contributed by atoms with E-state index in [9.17, 15) is 0 Å². The summed E-state index contributed by atoms with van der Waals surface area (Å²) in [5, 5.41) is 4.07. The molecule has 20 heavy (non-hydrogen) atoms. The Bertz CT molecular complexity index is 589. The molecule has 2 aromatic rings. The lowest BCUT2D eigenvalue weighted by Crippen LogP contribution is -2.20. The average molecular weight is 292 g/mol. The van der Waals surface area contributed by atoms with Crippen LogP contribution < -0.4 is 10.1 Å². The van der Waals surface area contributed by atoms with Crippen molar-refractivity contribution in [1.29, 1.82) is 0 Å². The van der Waals surface area contributed by atoms with Gasteiger partial charge in [0.1, 0.15) is 6.33 Å². The molecule has 1 aromatic heterocycles. The van der Waals surface area contributed by atoms with Gasteiger partial charge >= 0.3 is 0 Å². The van der Waals surface area contributed by atoms with Gasteiger partial charge in [0.25, 0.3) is 0 Å². The molecule has 5 heteroatoms. The second-order valence-electron chi connectivity index (χ2n) is 4.60. The van der Waals surface area contributed by atoms with Crippen molar-refractivity contribution in [1.82, 2.24) is 15.3 Å². The van der Waals surface area contributed by atoms with Crippen molar-refractivity contribution in [2.24, 2.45) is 0 Å². The van der Waals surface area contributed by atoms with Crippen LogP contribution in [-0.2, 0) is 6.42 Å². The topological polar surface area (TPSA) is 47.0 Å². The molecular weight excluding hydrogens is 274 g/mol. The Morgan fingerprint density at radius 2 is 2.10 bits per heavy atom. The average Bonchev–Trinajstić information content (AvgIpc) is 2.45. The van der Waals surface area contributed by atoms with Crippen molar-refractivity contribution in [3.63, 3.8) is 0 Å². The molecule has 0 saturated heterocycles. The molecule has 1 atom stereocenters. The van der Waals surface area contributed by atoms with E-state index in [1.807, 2.05) is 25.2 Å². The highest BCUT2D eigenvalue weighted by Gasteiger charge is 2.14. The van der Waals surface area contributed by atoms with Crippen LogP contribution in [0.1, 0.15) is 22.9 Å². The zero-order valence-corrected chi connectivity index (χ0v) is 12.6. The first-order chi connectivity index (χ1) is 9.63. The highest BCUT2D eigenvalue weighted by atomic mass is 35.5.